The average molecular weight is 499 g/mol. The van der Waals surface area contributed by atoms with Gasteiger partial charge < -0.3 is 5.53 Å². The standard InChI is InChI=1S/C35H50N2/c1-2-3-4-5-6-7-8-9-10-11-12-13-14-15-16-17-20-29-33-30-34(31-25-21-18-22-26-31)37(36)35(33)32-27-23-19-24-28-32/h18-19,21-28,30H,2-17,20,29H2,1H3. The molecule has 0 aliphatic carbocycles. The summed E-state index contributed by atoms with van der Waals surface area (Å²) in [4.78, 5) is 0. The Bertz CT molecular complexity index is 955. The van der Waals surface area contributed by atoms with Gasteiger partial charge in [-0.05, 0) is 37.1 Å². The van der Waals surface area contributed by atoms with Crippen molar-refractivity contribution < 1.29 is 4.70 Å². The maximum Gasteiger partial charge on any atom is 0.210 e. The Balaban J connectivity index is 1.29. The minimum absolute atomic E-state index is 0.876. The molecule has 2 nitrogen and oxygen atoms in total. The number of benzene rings is 2. The van der Waals surface area contributed by atoms with Crippen molar-refractivity contribution in [3.63, 3.8) is 0 Å². The normalized spacial score (nSPS) is 13.4. The van der Waals surface area contributed by atoms with Gasteiger partial charge in [-0.3, -0.25) is 0 Å². The van der Waals surface area contributed by atoms with Crippen molar-refractivity contribution in [1.29, 1.82) is 0 Å². The van der Waals surface area contributed by atoms with E-state index in [1.165, 1.54) is 119 Å². The molecule has 0 saturated heterocycles. The minimum atomic E-state index is 0.876. The van der Waals surface area contributed by atoms with Crippen LogP contribution >= 0.6 is 0 Å². The maximum atomic E-state index is 11.1. The van der Waals surface area contributed by atoms with E-state index in [-0.39, 0.29) is 0 Å². The largest absolute Gasteiger partial charge is 0.493 e. The molecule has 0 amide bonds. The third-order valence-corrected chi connectivity index (χ3v) is 7.72. The fraction of sp³-hybridized carbons (Fsp3) is 0.543. The second-order valence-electron chi connectivity index (χ2n) is 10.9. The molecule has 3 rings (SSSR count). The van der Waals surface area contributed by atoms with Gasteiger partial charge in [-0.2, -0.15) is 0 Å². The quantitative estimate of drug-likeness (QED) is 0.128. The molecule has 0 N–H and O–H groups in total. The number of rotatable bonds is 20. The third kappa shape index (κ3) is 10.4. The van der Waals surface area contributed by atoms with E-state index in [2.05, 4.69) is 37.3 Å². The molecule has 0 bridgehead atoms. The lowest BCUT2D eigenvalue weighted by Gasteiger charge is -2.09. The van der Waals surface area contributed by atoms with Crippen LogP contribution in [0.2, 0.25) is 0 Å². The maximum absolute atomic E-state index is 11.1. The van der Waals surface area contributed by atoms with Gasteiger partial charge >= 0.3 is 0 Å². The van der Waals surface area contributed by atoms with Gasteiger partial charge in [-0.25, -0.2) is 4.70 Å². The highest BCUT2D eigenvalue weighted by molar-refractivity contribution is 5.78. The number of hydrogen-bond donors (Lipinski definition) is 0. The molecule has 0 spiro atoms. The number of nitrogens with zero attached hydrogens (tertiary/aromatic N) is 2. The van der Waals surface area contributed by atoms with Crippen LogP contribution in [0.15, 0.2) is 72.3 Å². The second-order valence-corrected chi connectivity index (χ2v) is 10.9. The van der Waals surface area contributed by atoms with Crippen LogP contribution in [0, 0.1) is 0 Å². The molecule has 2 aromatic carbocycles. The zero-order valence-electron chi connectivity index (χ0n) is 23.5. The van der Waals surface area contributed by atoms with Crippen molar-refractivity contribution >= 4 is 11.4 Å². The molecule has 37 heavy (non-hydrogen) atoms. The Morgan fingerprint density at radius 1 is 0.514 bits per heavy atom. The van der Waals surface area contributed by atoms with Gasteiger partial charge in [-0.1, -0.05) is 146 Å². The first-order valence-corrected chi connectivity index (χ1v) is 15.4. The predicted octanol–water partition coefficient (Wildman–Crippen LogP) is 11.5. The van der Waals surface area contributed by atoms with Crippen molar-refractivity contribution in [2.45, 2.75) is 122 Å². The molecule has 2 heteroatoms. The van der Waals surface area contributed by atoms with Crippen LogP contribution in [0.1, 0.15) is 134 Å². The van der Waals surface area contributed by atoms with Crippen molar-refractivity contribution in [3.8, 4) is 0 Å². The van der Waals surface area contributed by atoms with Crippen molar-refractivity contribution in [2.75, 3.05) is 0 Å². The molecule has 2 aromatic rings. The summed E-state index contributed by atoms with van der Waals surface area (Å²) in [6.45, 7) is 2.29. The molecule has 0 radical (unpaired) electrons. The SMILES string of the molecule is CCCCCCCCCCCCCCCCCCCC1=C(c2ccccc2)[N+](=[N-])C(c2ccccc2)=C1. The van der Waals surface area contributed by atoms with E-state index in [4.69, 9.17) is 0 Å². The highest BCUT2D eigenvalue weighted by Gasteiger charge is 2.28. The Morgan fingerprint density at radius 3 is 1.38 bits per heavy atom. The molecular weight excluding hydrogens is 448 g/mol. The van der Waals surface area contributed by atoms with Gasteiger partial charge in [0.05, 0.1) is 0 Å². The lowest BCUT2D eigenvalue weighted by molar-refractivity contribution is -0.344. The summed E-state index contributed by atoms with van der Waals surface area (Å²) < 4.78 is 1.40. The molecule has 200 valence electrons. The van der Waals surface area contributed by atoms with Gasteiger partial charge in [0.25, 0.3) is 0 Å². The van der Waals surface area contributed by atoms with Crippen LogP contribution < -0.4 is 0 Å². The summed E-state index contributed by atoms with van der Waals surface area (Å²) in [5.41, 5.74) is 16.3. The van der Waals surface area contributed by atoms with Crippen LogP contribution in [0.3, 0.4) is 0 Å². The Kier molecular flexibility index (Phi) is 14.1. The van der Waals surface area contributed by atoms with Crippen LogP contribution in [0.4, 0.5) is 0 Å². The fourth-order valence-corrected chi connectivity index (χ4v) is 5.50. The lowest BCUT2D eigenvalue weighted by Crippen LogP contribution is -2.02. The summed E-state index contributed by atoms with van der Waals surface area (Å²) in [5.74, 6) is 0. The van der Waals surface area contributed by atoms with E-state index in [1.807, 2.05) is 36.4 Å². The molecule has 1 aliphatic heterocycles. The molecule has 1 aliphatic rings. The van der Waals surface area contributed by atoms with E-state index in [1.54, 1.807) is 0 Å². The first kappa shape index (κ1) is 29.1. The Hall–Kier alpha value is -2.48. The number of unbranched alkanes of at least 4 members (excludes halogenated alkanes) is 16. The van der Waals surface area contributed by atoms with Gasteiger partial charge in [0, 0.05) is 22.8 Å². The van der Waals surface area contributed by atoms with Crippen molar-refractivity contribution in [2.24, 2.45) is 0 Å². The van der Waals surface area contributed by atoms with Crippen LogP contribution in [0.25, 0.3) is 16.9 Å². The average Bonchev–Trinajstić information content (AvgIpc) is 3.27. The van der Waals surface area contributed by atoms with E-state index in [0.717, 1.165) is 28.9 Å². The molecule has 0 unspecified atom stereocenters. The highest BCUT2D eigenvalue weighted by Crippen LogP contribution is 2.37. The number of hydrogen-bond acceptors (Lipinski definition) is 0. The summed E-state index contributed by atoms with van der Waals surface area (Å²) in [6, 6.07) is 20.5. The topological polar surface area (TPSA) is 25.3 Å². The van der Waals surface area contributed by atoms with E-state index in [9.17, 15) is 5.53 Å². The van der Waals surface area contributed by atoms with Gasteiger partial charge in [0.2, 0.25) is 11.4 Å². The molecule has 0 fully saturated rings. The Labute approximate surface area is 227 Å². The molecule has 1 heterocycles. The Morgan fingerprint density at radius 2 is 0.919 bits per heavy atom. The molecule has 0 atom stereocenters. The monoisotopic (exact) mass is 498 g/mol. The summed E-state index contributed by atoms with van der Waals surface area (Å²) in [5, 5.41) is 0. The van der Waals surface area contributed by atoms with Crippen LogP contribution in [0.5, 0.6) is 0 Å². The van der Waals surface area contributed by atoms with Gasteiger partial charge in [0.15, 0.2) is 0 Å². The van der Waals surface area contributed by atoms with Gasteiger partial charge in [0.1, 0.15) is 0 Å². The summed E-state index contributed by atoms with van der Waals surface area (Å²) in [7, 11) is 0. The zero-order valence-corrected chi connectivity index (χ0v) is 23.5. The minimum Gasteiger partial charge on any atom is -0.493 e. The summed E-state index contributed by atoms with van der Waals surface area (Å²) >= 11 is 0. The van der Waals surface area contributed by atoms with Crippen molar-refractivity contribution in [1.82, 2.24) is 0 Å². The van der Waals surface area contributed by atoms with Crippen LogP contribution in [-0.2, 0) is 0 Å². The third-order valence-electron chi connectivity index (χ3n) is 7.72. The first-order chi connectivity index (χ1) is 18.3. The van der Waals surface area contributed by atoms with E-state index in [0.29, 0.717) is 0 Å². The predicted molar refractivity (Wildman–Crippen MR) is 160 cm³/mol. The lowest BCUT2D eigenvalue weighted by atomic mass is 10.0. The number of allylic oxidation sites excluding steroid dienone is 2. The summed E-state index contributed by atoms with van der Waals surface area (Å²) in [6.07, 6.45) is 26.9. The van der Waals surface area contributed by atoms with E-state index < -0.39 is 0 Å². The molecular formula is C35H50N2. The van der Waals surface area contributed by atoms with Crippen LogP contribution in [-0.4, -0.2) is 4.70 Å². The van der Waals surface area contributed by atoms with Gasteiger partial charge in [-0.15, -0.1) is 0 Å². The van der Waals surface area contributed by atoms with Crippen molar-refractivity contribution in [3.05, 3.63) is 89.0 Å². The first-order valence-electron chi connectivity index (χ1n) is 15.4. The molecule has 0 saturated carbocycles. The zero-order chi connectivity index (χ0) is 26.0. The fourth-order valence-electron chi connectivity index (χ4n) is 5.50. The van der Waals surface area contributed by atoms with E-state index >= 15 is 0 Å². The second kappa shape index (κ2) is 17.9. The molecule has 0 aromatic heterocycles. The smallest absolute Gasteiger partial charge is 0.210 e. The highest BCUT2D eigenvalue weighted by atomic mass is 15.2.